The molecule has 0 bridgehead atoms. The van der Waals surface area contributed by atoms with Gasteiger partial charge in [-0.1, -0.05) is 0 Å². The molecule has 2 rings (SSSR count). The van der Waals surface area contributed by atoms with E-state index < -0.39 is 11.8 Å². The minimum Gasteiger partial charge on any atom is -0.444 e. The van der Waals surface area contributed by atoms with E-state index in [-0.39, 0.29) is 11.3 Å². The Morgan fingerprint density at radius 1 is 1.35 bits per heavy atom. The molecule has 17 heavy (non-hydrogen) atoms. The van der Waals surface area contributed by atoms with Crippen LogP contribution in [0, 0.1) is 0 Å². The van der Waals surface area contributed by atoms with Gasteiger partial charge in [0.15, 0.2) is 10.4 Å². The lowest BCUT2D eigenvalue weighted by Gasteiger charge is -2.01. The van der Waals surface area contributed by atoms with E-state index in [0.717, 1.165) is 0 Å². The molecule has 0 saturated heterocycles. The summed E-state index contributed by atoms with van der Waals surface area (Å²) in [4.78, 5) is 22.8. The summed E-state index contributed by atoms with van der Waals surface area (Å²) in [5, 5.41) is 4.65. The van der Waals surface area contributed by atoms with Crippen LogP contribution in [0.2, 0.25) is 0 Å². The Labute approximate surface area is 109 Å². The standard InChI is InChI=1S/C10H7BrN2O3S/c11-7-2-1-6(16-7)9(15)13-10-5(8(12)14)3-4-17-10/h1-4H,(H2,12,14)(H,13,15). The molecule has 2 aromatic heterocycles. The zero-order valence-corrected chi connectivity index (χ0v) is 10.8. The molecule has 2 aromatic rings. The van der Waals surface area contributed by atoms with E-state index in [9.17, 15) is 9.59 Å². The molecule has 0 saturated carbocycles. The molecule has 0 aromatic carbocycles. The molecule has 0 atom stereocenters. The normalized spacial score (nSPS) is 10.2. The molecular formula is C10H7BrN2O3S. The zero-order chi connectivity index (χ0) is 12.4. The molecule has 0 fully saturated rings. The van der Waals surface area contributed by atoms with Crippen molar-refractivity contribution >= 4 is 44.1 Å². The Morgan fingerprint density at radius 2 is 2.12 bits per heavy atom. The predicted octanol–water partition coefficient (Wildman–Crippen LogP) is 2.45. The Bertz CT molecular complexity index is 576. The van der Waals surface area contributed by atoms with Crippen molar-refractivity contribution in [3.05, 3.63) is 39.6 Å². The van der Waals surface area contributed by atoms with Crippen LogP contribution in [-0.4, -0.2) is 11.8 Å². The summed E-state index contributed by atoms with van der Waals surface area (Å²) in [5.74, 6) is -0.858. The van der Waals surface area contributed by atoms with E-state index in [0.29, 0.717) is 9.67 Å². The highest BCUT2D eigenvalue weighted by atomic mass is 79.9. The summed E-state index contributed by atoms with van der Waals surface area (Å²) in [6, 6.07) is 4.69. The first-order chi connectivity index (χ1) is 8.08. The quantitative estimate of drug-likeness (QED) is 0.912. The lowest BCUT2D eigenvalue weighted by molar-refractivity contribution is 0.0996. The van der Waals surface area contributed by atoms with Gasteiger partial charge in [-0.3, -0.25) is 9.59 Å². The molecule has 5 nitrogen and oxygen atoms in total. The summed E-state index contributed by atoms with van der Waals surface area (Å²) in [6.07, 6.45) is 0. The van der Waals surface area contributed by atoms with E-state index >= 15 is 0 Å². The van der Waals surface area contributed by atoms with Gasteiger partial charge < -0.3 is 15.5 Å². The van der Waals surface area contributed by atoms with Crippen molar-refractivity contribution in [1.29, 1.82) is 0 Å². The van der Waals surface area contributed by atoms with Crippen molar-refractivity contribution in [2.45, 2.75) is 0 Å². The fraction of sp³-hybridized carbons (Fsp3) is 0. The van der Waals surface area contributed by atoms with Crippen molar-refractivity contribution < 1.29 is 14.0 Å². The third kappa shape index (κ3) is 2.56. The van der Waals surface area contributed by atoms with Crippen LogP contribution in [0.1, 0.15) is 20.9 Å². The van der Waals surface area contributed by atoms with Crippen LogP contribution < -0.4 is 11.1 Å². The van der Waals surface area contributed by atoms with Gasteiger partial charge in [0.2, 0.25) is 0 Å². The van der Waals surface area contributed by atoms with Crippen LogP contribution in [0.15, 0.2) is 32.7 Å². The number of furan rings is 1. The number of nitrogens with one attached hydrogen (secondary N) is 1. The van der Waals surface area contributed by atoms with Crippen LogP contribution in [0.3, 0.4) is 0 Å². The van der Waals surface area contributed by atoms with Crippen molar-refractivity contribution in [3.63, 3.8) is 0 Å². The van der Waals surface area contributed by atoms with Crippen LogP contribution >= 0.6 is 27.3 Å². The number of carbonyl (C=O) groups excluding carboxylic acids is 2. The largest absolute Gasteiger partial charge is 0.444 e. The number of amides is 2. The fourth-order valence-electron chi connectivity index (χ4n) is 1.20. The number of hydrogen-bond donors (Lipinski definition) is 2. The molecule has 0 spiro atoms. The Kier molecular flexibility index (Phi) is 3.30. The number of halogens is 1. The molecule has 7 heteroatoms. The Morgan fingerprint density at radius 3 is 2.71 bits per heavy atom. The van der Waals surface area contributed by atoms with Crippen molar-refractivity contribution in [3.8, 4) is 0 Å². The van der Waals surface area contributed by atoms with Crippen molar-refractivity contribution in [2.75, 3.05) is 5.32 Å². The third-order valence-electron chi connectivity index (χ3n) is 1.95. The molecule has 88 valence electrons. The van der Waals surface area contributed by atoms with Gasteiger partial charge in [-0.2, -0.15) is 0 Å². The van der Waals surface area contributed by atoms with E-state index in [1.54, 1.807) is 17.5 Å². The number of nitrogens with two attached hydrogens (primary N) is 1. The van der Waals surface area contributed by atoms with Gasteiger partial charge in [-0.05, 0) is 39.5 Å². The minimum absolute atomic E-state index is 0.153. The summed E-state index contributed by atoms with van der Waals surface area (Å²) < 4.78 is 5.55. The van der Waals surface area contributed by atoms with Gasteiger partial charge in [0.05, 0.1) is 5.56 Å². The number of rotatable bonds is 3. The van der Waals surface area contributed by atoms with Crippen LogP contribution in [0.25, 0.3) is 0 Å². The highest BCUT2D eigenvalue weighted by Gasteiger charge is 2.15. The summed E-state index contributed by atoms with van der Waals surface area (Å²) in [5.41, 5.74) is 5.45. The average molecular weight is 315 g/mol. The molecule has 0 aliphatic heterocycles. The predicted molar refractivity (Wildman–Crippen MR) is 67.2 cm³/mol. The van der Waals surface area contributed by atoms with Crippen LogP contribution in [0.5, 0.6) is 0 Å². The summed E-state index contributed by atoms with van der Waals surface area (Å²) in [7, 11) is 0. The van der Waals surface area contributed by atoms with Gasteiger partial charge in [0, 0.05) is 0 Å². The highest BCUT2D eigenvalue weighted by Crippen LogP contribution is 2.24. The molecule has 3 N–H and O–H groups in total. The van der Waals surface area contributed by atoms with E-state index in [2.05, 4.69) is 21.2 Å². The van der Waals surface area contributed by atoms with E-state index in [4.69, 9.17) is 10.2 Å². The van der Waals surface area contributed by atoms with Gasteiger partial charge in [0.25, 0.3) is 11.8 Å². The number of carbonyl (C=O) groups is 2. The van der Waals surface area contributed by atoms with E-state index in [1.807, 2.05) is 0 Å². The summed E-state index contributed by atoms with van der Waals surface area (Å²) in [6.45, 7) is 0. The first-order valence-corrected chi connectivity index (χ1v) is 6.19. The second-order valence-electron chi connectivity index (χ2n) is 3.09. The van der Waals surface area contributed by atoms with Crippen molar-refractivity contribution in [2.24, 2.45) is 5.73 Å². The molecule has 0 radical (unpaired) electrons. The molecule has 2 heterocycles. The zero-order valence-electron chi connectivity index (χ0n) is 8.40. The molecule has 0 unspecified atom stereocenters. The lowest BCUT2D eigenvalue weighted by Crippen LogP contribution is -2.16. The SMILES string of the molecule is NC(=O)c1ccsc1NC(=O)c1ccc(Br)o1. The number of thiophene rings is 1. The van der Waals surface area contributed by atoms with Gasteiger partial charge >= 0.3 is 0 Å². The molecule has 0 aliphatic carbocycles. The first-order valence-electron chi connectivity index (χ1n) is 4.52. The number of hydrogen-bond acceptors (Lipinski definition) is 4. The van der Waals surface area contributed by atoms with Crippen LogP contribution in [0.4, 0.5) is 5.00 Å². The number of anilines is 1. The molecule has 0 aliphatic rings. The number of primary amides is 1. The minimum atomic E-state index is -0.581. The van der Waals surface area contributed by atoms with Gasteiger partial charge in [0.1, 0.15) is 5.00 Å². The maximum Gasteiger partial charge on any atom is 0.292 e. The van der Waals surface area contributed by atoms with E-state index in [1.165, 1.54) is 17.4 Å². The smallest absolute Gasteiger partial charge is 0.292 e. The van der Waals surface area contributed by atoms with Crippen molar-refractivity contribution in [1.82, 2.24) is 0 Å². The molecule has 2 amide bonds. The maximum absolute atomic E-state index is 11.7. The Balaban J connectivity index is 2.18. The fourth-order valence-corrected chi connectivity index (χ4v) is 2.30. The van der Waals surface area contributed by atoms with Crippen LogP contribution in [-0.2, 0) is 0 Å². The van der Waals surface area contributed by atoms with Gasteiger partial charge in [-0.15, -0.1) is 11.3 Å². The first kappa shape index (κ1) is 11.9. The Hall–Kier alpha value is -1.60. The second kappa shape index (κ2) is 4.72. The average Bonchev–Trinajstić information content (AvgIpc) is 2.86. The third-order valence-corrected chi connectivity index (χ3v) is 3.21. The molecular weight excluding hydrogens is 308 g/mol. The highest BCUT2D eigenvalue weighted by molar-refractivity contribution is 9.10. The van der Waals surface area contributed by atoms with Gasteiger partial charge in [-0.25, -0.2) is 0 Å². The monoisotopic (exact) mass is 314 g/mol. The summed E-state index contributed by atoms with van der Waals surface area (Å²) >= 11 is 4.32. The second-order valence-corrected chi connectivity index (χ2v) is 4.78. The lowest BCUT2D eigenvalue weighted by atomic mass is 10.3. The topological polar surface area (TPSA) is 85.3 Å². The maximum atomic E-state index is 11.7.